The Morgan fingerprint density at radius 1 is 1.03 bits per heavy atom. The summed E-state index contributed by atoms with van der Waals surface area (Å²) in [6, 6.07) is 18.0. The van der Waals surface area contributed by atoms with E-state index in [1.165, 1.54) is 23.5 Å². The summed E-state index contributed by atoms with van der Waals surface area (Å²) in [6.45, 7) is 2.88. The van der Waals surface area contributed by atoms with Crippen molar-refractivity contribution in [2.75, 3.05) is 25.5 Å². The van der Waals surface area contributed by atoms with Crippen LogP contribution in [0.5, 0.6) is 11.5 Å². The molecule has 3 aromatic rings. The summed E-state index contributed by atoms with van der Waals surface area (Å²) in [5.74, 6) is 0.621. The Morgan fingerprint density at radius 2 is 1.76 bits per heavy atom. The maximum Gasteiger partial charge on any atom is 0.265 e. The van der Waals surface area contributed by atoms with Crippen LogP contribution in [0.25, 0.3) is 10.8 Å². The number of methoxy groups -OCH3 is 1. The first-order valence-corrected chi connectivity index (χ1v) is 12.5. The van der Waals surface area contributed by atoms with Crippen LogP contribution in [0.1, 0.15) is 26.2 Å². The van der Waals surface area contributed by atoms with Crippen LogP contribution in [0.3, 0.4) is 0 Å². The Kier molecular flexibility index (Phi) is 6.85. The van der Waals surface area contributed by atoms with Crippen LogP contribution in [-0.2, 0) is 14.8 Å². The molecule has 0 bridgehead atoms. The summed E-state index contributed by atoms with van der Waals surface area (Å²) in [5, 5.41) is 4.75. The minimum Gasteiger partial charge on any atom is -0.495 e. The number of nitrogens with one attached hydrogen (secondary N) is 1. The second-order valence-corrected chi connectivity index (χ2v) is 9.89. The lowest BCUT2D eigenvalue weighted by molar-refractivity contribution is -0.122. The van der Waals surface area contributed by atoms with E-state index in [4.69, 9.17) is 9.47 Å². The minimum atomic E-state index is -3.63. The van der Waals surface area contributed by atoms with Gasteiger partial charge >= 0.3 is 0 Å². The van der Waals surface area contributed by atoms with Crippen LogP contribution < -0.4 is 14.8 Å². The van der Waals surface area contributed by atoms with E-state index < -0.39 is 16.1 Å². The molecule has 33 heavy (non-hydrogen) atoms. The number of anilines is 1. The van der Waals surface area contributed by atoms with Gasteiger partial charge in [0, 0.05) is 18.5 Å². The largest absolute Gasteiger partial charge is 0.495 e. The fraction of sp³-hybridized carbons (Fsp3) is 0.320. The van der Waals surface area contributed by atoms with Gasteiger partial charge in [-0.05, 0) is 48.9 Å². The summed E-state index contributed by atoms with van der Waals surface area (Å²) in [7, 11) is -2.15. The molecule has 1 saturated heterocycles. The van der Waals surface area contributed by atoms with Gasteiger partial charge in [-0.2, -0.15) is 4.31 Å². The lowest BCUT2D eigenvalue weighted by atomic mass is 10.1. The zero-order chi connectivity index (χ0) is 23.4. The number of sulfonamides is 1. The first-order chi connectivity index (χ1) is 15.9. The van der Waals surface area contributed by atoms with Gasteiger partial charge in [0.25, 0.3) is 5.91 Å². The molecule has 174 valence electrons. The van der Waals surface area contributed by atoms with Crippen molar-refractivity contribution in [2.45, 2.75) is 37.2 Å². The van der Waals surface area contributed by atoms with Gasteiger partial charge in [-0.25, -0.2) is 8.42 Å². The molecule has 1 atom stereocenters. The molecule has 1 aliphatic rings. The molecule has 1 heterocycles. The molecule has 0 aromatic heterocycles. The number of carbonyl (C=O) groups is 1. The molecule has 1 N–H and O–H groups in total. The maximum atomic E-state index is 13.1. The Morgan fingerprint density at radius 3 is 2.48 bits per heavy atom. The van der Waals surface area contributed by atoms with E-state index in [2.05, 4.69) is 5.32 Å². The highest BCUT2D eigenvalue weighted by molar-refractivity contribution is 7.89. The average Bonchev–Trinajstić information content (AvgIpc) is 3.38. The van der Waals surface area contributed by atoms with Gasteiger partial charge in [0.2, 0.25) is 10.0 Å². The third-order valence-corrected chi connectivity index (χ3v) is 7.71. The highest BCUT2D eigenvalue weighted by atomic mass is 32.2. The molecule has 8 heteroatoms. The Labute approximate surface area is 194 Å². The molecule has 0 radical (unpaired) electrons. The topological polar surface area (TPSA) is 84.9 Å². The number of benzene rings is 3. The Hall–Kier alpha value is -3.10. The van der Waals surface area contributed by atoms with Gasteiger partial charge in [-0.1, -0.05) is 43.3 Å². The van der Waals surface area contributed by atoms with Crippen molar-refractivity contribution in [1.29, 1.82) is 0 Å². The molecular weight excluding hydrogens is 440 g/mol. The van der Waals surface area contributed by atoms with E-state index in [9.17, 15) is 13.2 Å². The smallest absolute Gasteiger partial charge is 0.265 e. The number of ether oxygens (including phenoxy) is 2. The summed E-state index contributed by atoms with van der Waals surface area (Å²) < 4.78 is 38.9. The number of nitrogens with zero attached hydrogens (tertiary/aromatic N) is 1. The van der Waals surface area contributed by atoms with Gasteiger partial charge in [0.05, 0.1) is 17.7 Å². The normalized spacial score (nSPS) is 15.3. The molecule has 1 amide bonds. The molecule has 4 rings (SSSR count). The SMILES string of the molecule is CC[C@@H](Oc1cccc2ccccc12)C(=O)Nc1cc(S(=O)(=O)N2CCCC2)ccc1OC. The van der Waals surface area contributed by atoms with Crippen LogP contribution in [0.2, 0.25) is 0 Å². The summed E-state index contributed by atoms with van der Waals surface area (Å²) in [5.41, 5.74) is 0.294. The van der Waals surface area contributed by atoms with Crippen molar-refractivity contribution in [3.05, 3.63) is 60.7 Å². The molecule has 0 saturated carbocycles. The molecule has 1 aliphatic heterocycles. The first kappa shape index (κ1) is 23.1. The van der Waals surface area contributed by atoms with Crippen LogP contribution in [0.4, 0.5) is 5.69 Å². The predicted molar refractivity (Wildman–Crippen MR) is 128 cm³/mol. The van der Waals surface area contributed by atoms with Crippen LogP contribution in [-0.4, -0.2) is 44.9 Å². The minimum absolute atomic E-state index is 0.128. The van der Waals surface area contributed by atoms with E-state index in [-0.39, 0.29) is 10.8 Å². The van der Waals surface area contributed by atoms with Gasteiger partial charge in [-0.15, -0.1) is 0 Å². The second kappa shape index (κ2) is 9.80. The highest BCUT2D eigenvalue weighted by Gasteiger charge is 2.28. The van der Waals surface area contributed by atoms with E-state index >= 15 is 0 Å². The fourth-order valence-corrected chi connectivity index (χ4v) is 5.55. The van der Waals surface area contributed by atoms with Gasteiger partial charge in [-0.3, -0.25) is 4.79 Å². The maximum absolute atomic E-state index is 13.1. The van der Waals surface area contributed by atoms with Gasteiger partial charge < -0.3 is 14.8 Å². The van der Waals surface area contributed by atoms with Gasteiger partial charge in [0.15, 0.2) is 6.10 Å². The number of amides is 1. The first-order valence-electron chi connectivity index (χ1n) is 11.1. The van der Waals surface area contributed by atoms with Crippen molar-refractivity contribution >= 4 is 32.4 Å². The third kappa shape index (κ3) is 4.82. The Balaban J connectivity index is 1.58. The molecule has 0 spiro atoms. The standard InChI is InChI=1S/C25H28N2O5S/c1-3-22(32-23-12-8-10-18-9-4-5-11-20(18)23)25(28)26-21-17-19(13-14-24(21)31-2)33(29,30)27-15-6-7-16-27/h4-5,8-14,17,22H,3,6-7,15-16H2,1-2H3,(H,26,28)/t22-/m1/s1. The highest BCUT2D eigenvalue weighted by Crippen LogP contribution is 2.31. The number of hydrogen-bond acceptors (Lipinski definition) is 5. The summed E-state index contributed by atoms with van der Waals surface area (Å²) in [4.78, 5) is 13.2. The molecule has 1 fully saturated rings. The molecule has 7 nitrogen and oxygen atoms in total. The monoisotopic (exact) mass is 468 g/mol. The number of carbonyl (C=O) groups excluding carboxylic acids is 1. The molecule has 0 aliphatic carbocycles. The van der Waals surface area contributed by atoms with Crippen LogP contribution >= 0.6 is 0 Å². The number of hydrogen-bond donors (Lipinski definition) is 1. The number of rotatable bonds is 8. The molecule has 3 aromatic carbocycles. The average molecular weight is 469 g/mol. The predicted octanol–water partition coefficient (Wildman–Crippen LogP) is 4.43. The lowest BCUT2D eigenvalue weighted by Crippen LogP contribution is -2.33. The number of fused-ring (bicyclic) bond motifs is 1. The fourth-order valence-electron chi connectivity index (χ4n) is 4.01. The molecular formula is C25H28N2O5S. The van der Waals surface area contributed by atoms with Crippen molar-refractivity contribution in [1.82, 2.24) is 4.31 Å². The van der Waals surface area contributed by atoms with E-state index in [0.29, 0.717) is 36.7 Å². The van der Waals surface area contributed by atoms with Crippen molar-refractivity contribution in [2.24, 2.45) is 0 Å². The third-order valence-electron chi connectivity index (χ3n) is 5.81. The van der Waals surface area contributed by atoms with Crippen LogP contribution in [0.15, 0.2) is 65.6 Å². The van der Waals surface area contributed by atoms with Crippen LogP contribution in [0, 0.1) is 0 Å². The van der Waals surface area contributed by atoms with Gasteiger partial charge in [0.1, 0.15) is 11.5 Å². The quantitative estimate of drug-likeness (QED) is 0.529. The Bertz CT molecular complexity index is 1250. The van der Waals surface area contributed by atoms with Crippen molar-refractivity contribution in [3.8, 4) is 11.5 Å². The van der Waals surface area contributed by atoms with E-state index in [1.54, 1.807) is 6.07 Å². The zero-order valence-electron chi connectivity index (χ0n) is 18.8. The lowest BCUT2D eigenvalue weighted by Gasteiger charge is -2.20. The molecule has 0 unspecified atom stereocenters. The zero-order valence-corrected chi connectivity index (χ0v) is 19.6. The summed E-state index contributed by atoms with van der Waals surface area (Å²) in [6.07, 6.45) is 1.37. The van der Waals surface area contributed by atoms with Crippen molar-refractivity contribution < 1.29 is 22.7 Å². The van der Waals surface area contributed by atoms with Crippen molar-refractivity contribution in [3.63, 3.8) is 0 Å². The van der Waals surface area contributed by atoms with E-state index in [1.807, 2.05) is 49.4 Å². The van der Waals surface area contributed by atoms with E-state index in [0.717, 1.165) is 23.6 Å². The summed E-state index contributed by atoms with van der Waals surface area (Å²) >= 11 is 0. The second-order valence-electron chi connectivity index (χ2n) is 7.95.